The second-order valence-corrected chi connectivity index (χ2v) is 7.03. The number of nitrogens with zero attached hydrogens (tertiary/aromatic N) is 2. The summed E-state index contributed by atoms with van der Waals surface area (Å²) in [7, 11) is 0. The van der Waals surface area contributed by atoms with Crippen LogP contribution in [-0.2, 0) is 19.1 Å². The van der Waals surface area contributed by atoms with E-state index >= 15 is 0 Å². The van der Waals surface area contributed by atoms with E-state index in [1.807, 2.05) is 0 Å². The molecule has 0 saturated carbocycles. The van der Waals surface area contributed by atoms with E-state index in [0.29, 0.717) is 54.9 Å². The molecule has 2 fully saturated rings. The van der Waals surface area contributed by atoms with Crippen LogP contribution in [0.1, 0.15) is 19.8 Å². The van der Waals surface area contributed by atoms with Crippen molar-refractivity contribution >= 4 is 40.7 Å². The van der Waals surface area contributed by atoms with E-state index in [0.717, 1.165) is 0 Å². The molecule has 0 N–H and O–H groups in total. The lowest BCUT2D eigenvalue weighted by atomic mass is 10.0. The predicted octanol–water partition coefficient (Wildman–Crippen LogP) is 2.71. The SMILES string of the molecule is CC(=O)N(CC(=O)N1CCC2(CC1)OCCO2)c1ccc(Cl)cc1Cl. The van der Waals surface area contributed by atoms with Crippen LogP contribution in [0, 0.1) is 0 Å². The van der Waals surface area contributed by atoms with Crippen molar-refractivity contribution in [3.8, 4) is 0 Å². The highest BCUT2D eigenvalue weighted by molar-refractivity contribution is 6.36. The fraction of sp³-hybridized carbons (Fsp3) is 0.529. The van der Waals surface area contributed by atoms with Crippen LogP contribution >= 0.6 is 23.2 Å². The average Bonchev–Trinajstić information content (AvgIpc) is 3.01. The number of amides is 2. The Kier molecular flexibility index (Phi) is 5.53. The zero-order valence-electron chi connectivity index (χ0n) is 14.0. The van der Waals surface area contributed by atoms with Gasteiger partial charge in [0.2, 0.25) is 11.8 Å². The topological polar surface area (TPSA) is 59.1 Å². The van der Waals surface area contributed by atoms with Gasteiger partial charge in [0.05, 0.1) is 23.9 Å². The van der Waals surface area contributed by atoms with Crippen molar-refractivity contribution in [3.63, 3.8) is 0 Å². The Hall–Kier alpha value is -1.34. The first-order chi connectivity index (χ1) is 11.9. The van der Waals surface area contributed by atoms with Gasteiger partial charge < -0.3 is 19.3 Å². The molecule has 2 saturated heterocycles. The van der Waals surface area contributed by atoms with Crippen molar-refractivity contribution in [1.82, 2.24) is 4.90 Å². The molecule has 0 aromatic heterocycles. The van der Waals surface area contributed by atoms with Crippen molar-refractivity contribution in [1.29, 1.82) is 0 Å². The number of likely N-dealkylation sites (tertiary alicyclic amines) is 1. The lowest BCUT2D eigenvalue weighted by Gasteiger charge is -2.38. The molecule has 0 unspecified atom stereocenters. The molecule has 0 aliphatic carbocycles. The molecule has 2 aliphatic heterocycles. The van der Waals surface area contributed by atoms with Gasteiger partial charge in [-0.1, -0.05) is 23.2 Å². The summed E-state index contributed by atoms with van der Waals surface area (Å²) in [5.74, 6) is -0.918. The van der Waals surface area contributed by atoms with Gasteiger partial charge in [0.1, 0.15) is 6.54 Å². The second-order valence-electron chi connectivity index (χ2n) is 6.19. The van der Waals surface area contributed by atoms with E-state index in [1.54, 1.807) is 23.1 Å². The Morgan fingerprint density at radius 3 is 2.40 bits per heavy atom. The molecular weight excluding hydrogens is 367 g/mol. The van der Waals surface area contributed by atoms with E-state index in [-0.39, 0.29) is 18.4 Å². The molecule has 2 aliphatic rings. The van der Waals surface area contributed by atoms with Gasteiger partial charge in [-0.2, -0.15) is 0 Å². The van der Waals surface area contributed by atoms with Crippen molar-refractivity contribution in [2.24, 2.45) is 0 Å². The number of hydrogen-bond donors (Lipinski definition) is 0. The lowest BCUT2D eigenvalue weighted by Crippen LogP contribution is -2.50. The molecule has 8 heteroatoms. The zero-order chi connectivity index (χ0) is 18.0. The van der Waals surface area contributed by atoms with Crippen molar-refractivity contribution < 1.29 is 19.1 Å². The summed E-state index contributed by atoms with van der Waals surface area (Å²) >= 11 is 12.1. The normalized spacial score (nSPS) is 19.2. The number of rotatable bonds is 3. The van der Waals surface area contributed by atoms with Gasteiger partial charge in [-0.15, -0.1) is 0 Å². The van der Waals surface area contributed by atoms with Gasteiger partial charge in [0.25, 0.3) is 0 Å². The third-order valence-corrected chi connectivity index (χ3v) is 5.10. The first-order valence-electron chi connectivity index (χ1n) is 8.19. The maximum atomic E-state index is 12.6. The van der Waals surface area contributed by atoms with Crippen LogP contribution in [0.25, 0.3) is 0 Å². The van der Waals surface area contributed by atoms with Gasteiger partial charge in [-0.05, 0) is 18.2 Å². The van der Waals surface area contributed by atoms with E-state index in [9.17, 15) is 9.59 Å². The van der Waals surface area contributed by atoms with Crippen LogP contribution in [0.3, 0.4) is 0 Å². The Balaban J connectivity index is 1.66. The highest BCUT2D eigenvalue weighted by Crippen LogP contribution is 2.32. The number of benzene rings is 1. The number of ether oxygens (including phenoxy) is 2. The highest BCUT2D eigenvalue weighted by Gasteiger charge is 2.41. The third-order valence-electron chi connectivity index (χ3n) is 4.57. The molecule has 25 heavy (non-hydrogen) atoms. The summed E-state index contributed by atoms with van der Waals surface area (Å²) < 4.78 is 11.3. The quantitative estimate of drug-likeness (QED) is 0.801. The minimum atomic E-state index is -0.531. The van der Waals surface area contributed by atoms with Crippen LogP contribution in [0.4, 0.5) is 5.69 Å². The molecule has 0 atom stereocenters. The molecule has 2 amide bonds. The Bertz CT molecular complexity index is 667. The Morgan fingerprint density at radius 2 is 1.84 bits per heavy atom. The summed E-state index contributed by atoms with van der Waals surface area (Å²) in [5, 5.41) is 0.808. The first-order valence-corrected chi connectivity index (χ1v) is 8.95. The predicted molar refractivity (Wildman–Crippen MR) is 94.9 cm³/mol. The summed E-state index contributed by atoms with van der Waals surface area (Å²) in [6, 6.07) is 4.84. The number of halogens is 2. The van der Waals surface area contributed by atoms with E-state index in [4.69, 9.17) is 32.7 Å². The van der Waals surface area contributed by atoms with Crippen LogP contribution in [0.5, 0.6) is 0 Å². The summed E-state index contributed by atoms with van der Waals surface area (Å²) in [4.78, 5) is 27.8. The van der Waals surface area contributed by atoms with Gasteiger partial charge in [0.15, 0.2) is 5.79 Å². The van der Waals surface area contributed by atoms with E-state index in [1.165, 1.54) is 11.8 Å². The smallest absolute Gasteiger partial charge is 0.242 e. The molecule has 1 aromatic rings. The number of carbonyl (C=O) groups excluding carboxylic acids is 2. The minimum Gasteiger partial charge on any atom is -0.347 e. The van der Waals surface area contributed by atoms with Crippen LogP contribution in [0.15, 0.2) is 18.2 Å². The van der Waals surface area contributed by atoms with Gasteiger partial charge in [0, 0.05) is 37.9 Å². The maximum absolute atomic E-state index is 12.6. The molecule has 1 aromatic carbocycles. The molecule has 1 spiro atoms. The standard InChI is InChI=1S/C17H20Cl2N2O4/c1-12(22)21(15-3-2-13(18)10-14(15)19)11-16(23)20-6-4-17(5-7-20)24-8-9-25-17/h2-3,10H,4-9,11H2,1H3. The molecule has 6 nitrogen and oxygen atoms in total. The van der Waals surface area contributed by atoms with Gasteiger partial charge >= 0.3 is 0 Å². The molecule has 2 heterocycles. The molecule has 3 rings (SSSR count). The van der Waals surface area contributed by atoms with Crippen LogP contribution in [0.2, 0.25) is 10.0 Å². The number of anilines is 1. The fourth-order valence-corrected chi connectivity index (χ4v) is 3.69. The minimum absolute atomic E-state index is 0.0641. The van der Waals surface area contributed by atoms with Crippen LogP contribution < -0.4 is 4.90 Å². The number of carbonyl (C=O) groups is 2. The largest absolute Gasteiger partial charge is 0.347 e. The maximum Gasteiger partial charge on any atom is 0.242 e. The first kappa shape index (κ1) is 18.5. The summed E-state index contributed by atoms with van der Waals surface area (Å²) in [6.07, 6.45) is 1.28. The zero-order valence-corrected chi connectivity index (χ0v) is 15.5. The van der Waals surface area contributed by atoms with E-state index in [2.05, 4.69) is 0 Å². The lowest BCUT2D eigenvalue weighted by molar-refractivity contribution is -0.187. The highest BCUT2D eigenvalue weighted by atomic mass is 35.5. The Morgan fingerprint density at radius 1 is 1.20 bits per heavy atom. The van der Waals surface area contributed by atoms with E-state index < -0.39 is 5.79 Å². The monoisotopic (exact) mass is 386 g/mol. The molecule has 136 valence electrons. The summed E-state index contributed by atoms with van der Waals surface area (Å²) in [5.41, 5.74) is 0.475. The van der Waals surface area contributed by atoms with Crippen LogP contribution in [-0.4, -0.2) is 55.3 Å². The summed E-state index contributed by atoms with van der Waals surface area (Å²) in [6.45, 7) is 3.62. The van der Waals surface area contributed by atoms with Crippen molar-refractivity contribution in [2.75, 3.05) is 37.7 Å². The Labute approximate surface area is 156 Å². The second kappa shape index (κ2) is 7.50. The molecule has 0 bridgehead atoms. The molecular formula is C17H20Cl2N2O4. The number of piperidine rings is 1. The molecule has 0 radical (unpaired) electrons. The van der Waals surface area contributed by atoms with Gasteiger partial charge in [-0.25, -0.2) is 0 Å². The third kappa shape index (κ3) is 4.08. The number of hydrogen-bond acceptors (Lipinski definition) is 4. The fourth-order valence-electron chi connectivity index (χ4n) is 3.18. The van der Waals surface area contributed by atoms with Crippen molar-refractivity contribution in [3.05, 3.63) is 28.2 Å². The van der Waals surface area contributed by atoms with Gasteiger partial charge in [-0.3, -0.25) is 9.59 Å². The van der Waals surface area contributed by atoms with Crippen molar-refractivity contribution in [2.45, 2.75) is 25.6 Å². The average molecular weight is 387 g/mol.